The van der Waals surface area contributed by atoms with Crippen molar-refractivity contribution in [1.82, 2.24) is 10.2 Å². The van der Waals surface area contributed by atoms with Gasteiger partial charge in [0, 0.05) is 29.7 Å². The van der Waals surface area contributed by atoms with Crippen molar-refractivity contribution < 1.29 is 9.13 Å². The quantitative estimate of drug-likeness (QED) is 0.903. The van der Waals surface area contributed by atoms with Gasteiger partial charge in [0.05, 0.1) is 18.8 Å². The lowest BCUT2D eigenvalue weighted by molar-refractivity contribution is -0.0563. The van der Waals surface area contributed by atoms with E-state index in [0.717, 1.165) is 19.6 Å². The average molecular weight is 315 g/mol. The third-order valence-corrected chi connectivity index (χ3v) is 4.18. The van der Waals surface area contributed by atoms with Crippen LogP contribution >= 0.6 is 11.6 Å². The van der Waals surface area contributed by atoms with Crippen LogP contribution in [0.2, 0.25) is 5.02 Å². The fraction of sp³-hybridized carbons (Fsp3) is 0.625. The van der Waals surface area contributed by atoms with Crippen molar-refractivity contribution in [3.63, 3.8) is 0 Å². The topological polar surface area (TPSA) is 24.5 Å². The predicted octanol–water partition coefficient (Wildman–Crippen LogP) is 3.24. The normalized spacial score (nSPS) is 21.7. The van der Waals surface area contributed by atoms with Crippen LogP contribution in [-0.2, 0) is 4.74 Å². The van der Waals surface area contributed by atoms with Crippen LogP contribution in [-0.4, -0.2) is 43.3 Å². The number of ether oxygens (including phenoxy) is 1. The van der Waals surface area contributed by atoms with Crippen molar-refractivity contribution in [3.8, 4) is 0 Å². The molecular formula is C16H24ClFN2O. The minimum atomic E-state index is -0.279. The van der Waals surface area contributed by atoms with Gasteiger partial charge in [-0.2, -0.15) is 0 Å². The third kappa shape index (κ3) is 4.16. The molecule has 1 N–H and O–H groups in total. The number of likely N-dealkylation sites (N-methyl/N-ethyl adjacent to an activating group) is 1. The Balaban J connectivity index is 2.21. The van der Waals surface area contributed by atoms with E-state index in [2.05, 4.69) is 24.1 Å². The highest BCUT2D eigenvalue weighted by Crippen LogP contribution is 2.27. The number of benzene rings is 1. The first-order valence-electron chi connectivity index (χ1n) is 7.57. The van der Waals surface area contributed by atoms with Crippen molar-refractivity contribution in [2.75, 3.05) is 26.2 Å². The van der Waals surface area contributed by atoms with Gasteiger partial charge in [-0.1, -0.05) is 24.6 Å². The first kappa shape index (κ1) is 16.7. The van der Waals surface area contributed by atoms with Gasteiger partial charge in [-0.25, -0.2) is 4.39 Å². The van der Waals surface area contributed by atoms with Gasteiger partial charge in [0.1, 0.15) is 5.82 Å². The zero-order valence-corrected chi connectivity index (χ0v) is 13.7. The van der Waals surface area contributed by atoms with Crippen LogP contribution in [0.5, 0.6) is 0 Å². The molecule has 1 heterocycles. The van der Waals surface area contributed by atoms with E-state index in [0.29, 0.717) is 23.2 Å². The molecule has 3 nitrogen and oxygen atoms in total. The summed E-state index contributed by atoms with van der Waals surface area (Å²) in [6.07, 6.45) is -0.0585. The Morgan fingerprint density at radius 2 is 2.24 bits per heavy atom. The Morgan fingerprint density at radius 1 is 1.48 bits per heavy atom. The van der Waals surface area contributed by atoms with Crippen LogP contribution in [0.1, 0.15) is 32.4 Å². The largest absolute Gasteiger partial charge is 0.374 e. The highest BCUT2D eigenvalue weighted by atomic mass is 35.5. The molecule has 1 fully saturated rings. The molecular weight excluding hydrogens is 291 g/mol. The van der Waals surface area contributed by atoms with Crippen LogP contribution in [0.3, 0.4) is 0 Å². The summed E-state index contributed by atoms with van der Waals surface area (Å²) in [6.45, 7) is 9.53. The Labute approximate surface area is 131 Å². The summed E-state index contributed by atoms with van der Waals surface area (Å²) in [5, 5.41) is 3.77. The maximum Gasteiger partial charge on any atom is 0.129 e. The van der Waals surface area contributed by atoms with Gasteiger partial charge in [-0.15, -0.1) is 0 Å². The smallest absolute Gasteiger partial charge is 0.129 e. The fourth-order valence-corrected chi connectivity index (χ4v) is 2.94. The SMILES string of the molecule is CCNC(c1ccc(Cl)cc1F)C1CN(C(C)C)CCO1. The molecule has 0 spiro atoms. The third-order valence-electron chi connectivity index (χ3n) is 3.95. The van der Waals surface area contributed by atoms with E-state index in [1.807, 2.05) is 6.92 Å². The number of hydrogen-bond donors (Lipinski definition) is 1. The van der Waals surface area contributed by atoms with Crippen LogP contribution < -0.4 is 5.32 Å². The molecule has 0 saturated carbocycles. The van der Waals surface area contributed by atoms with Crippen molar-refractivity contribution in [2.45, 2.75) is 39.0 Å². The van der Waals surface area contributed by atoms with Crippen molar-refractivity contribution in [3.05, 3.63) is 34.6 Å². The van der Waals surface area contributed by atoms with Crippen molar-refractivity contribution in [2.24, 2.45) is 0 Å². The molecule has 2 unspecified atom stereocenters. The monoisotopic (exact) mass is 314 g/mol. The van der Waals surface area contributed by atoms with Gasteiger partial charge in [0.25, 0.3) is 0 Å². The van der Waals surface area contributed by atoms with E-state index in [1.54, 1.807) is 12.1 Å². The molecule has 1 aromatic rings. The standard InChI is InChI=1S/C16H24ClFN2O/c1-4-19-16(13-6-5-12(17)9-14(13)18)15-10-20(11(2)3)7-8-21-15/h5-6,9,11,15-16,19H,4,7-8,10H2,1-3H3. The molecule has 0 radical (unpaired) electrons. The Hall–Kier alpha value is -0.680. The second-order valence-corrected chi connectivity index (χ2v) is 6.14. The van der Waals surface area contributed by atoms with Gasteiger partial charge in [0.2, 0.25) is 0 Å². The van der Waals surface area contributed by atoms with Crippen LogP contribution in [0.4, 0.5) is 4.39 Å². The summed E-state index contributed by atoms with van der Waals surface area (Å²) in [4.78, 5) is 2.37. The van der Waals surface area contributed by atoms with Gasteiger partial charge in [0.15, 0.2) is 0 Å². The zero-order chi connectivity index (χ0) is 15.4. The first-order valence-corrected chi connectivity index (χ1v) is 7.94. The zero-order valence-electron chi connectivity index (χ0n) is 12.9. The summed E-state index contributed by atoms with van der Waals surface area (Å²) in [6, 6.07) is 5.16. The van der Waals surface area contributed by atoms with E-state index in [9.17, 15) is 4.39 Å². The number of nitrogens with one attached hydrogen (secondary N) is 1. The molecule has 2 rings (SSSR count). The molecule has 1 aromatic carbocycles. The second-order valence-electron chi connectivity index (χ2n) is 5.70. The molecule has 1 saturated heterocycles. The van der Waals surface area contributed by atoms with Gasteiger partial charge in [-0.05, 0) is 32.5 Å². The number of hydrogen-bond acceptors (Lipinski definition) is 3. The lowest BCUT2D eigenvalue weighted by Crippen LogP contribution is -2.50. The molecule has 0 amide bonds. The minimum absolute atomic E-state index is 0.0585. The maximum absolute atomic E-state index is 14.2. The summed E-state index contributed by atoms with van der Waals surface area (Å²) in [7, 11) is 0. The highest BCUT2D eigenvalue weighted by molar-refractivity contribution is 6.30. The Morgan fingerprint density at radius 3 is 2.86 bits per heavy atom. The lowest BCUT2D eigenvalue weighted by atomic mass is 9.98. The Bertz CT molecular complexity index is 470. The van der Waals surface area contributed by atoms with Gasteiger partial charge in [-0.3, -0.25) is 4.90 Å². The van der Waals surface area contributed by atoms with Gasteiger partial charge >= 0.3 is 0 Å². The lowest BCUT2D eigenvalue weighted by Gasteiger charge is -2.39. The Kier molecular flexibility index (Phi) is 5.99. The minimum Gasteiger partial charge on any atom is -0.374 e. The number of morpholine rings is 1. The van der Waals surface area contributed by atoms with Crippen molar-refractivity contribution in [1.29, 1.82) is 0 Å². The fourth-order valence-electron chi connectivity index (χ4n) is 2.78. The average Bonchev–Trinajstić information content (AvgIpc) is 2.45. The van der Waals surface area contributed by atoms with Crippen LogP contribution in [0.25, 0.3) is 0 Å². The second kappa shape index (κ2) is 7.54. The summed E-state index contributed by atoms with van der Waals surface area (Å²) < 4.78 is 20.1. The van der Waals surface area contributed by atoms with E-state index >= 15 is 0 Å². The molecule has 1 aliphatic heterocycles. The predicted molar refractivity (Wildman–Crippen MR) is 84.3 cm³/mol. The molecule has 5 heteroatoms. The number of halogens is 2. The van der Waals surface area contributed by atoms with E-state index in [4.69, 9.17) is 16.3 Å². The van der Waals surface area contributed by atoms with Crippen molar-refractivity contribution >= 4 is 11.6 Å². The number of rotatable bonds is 5. The molecule has 0 bridgehead atoms. The first-order chi connectivity index (χ1) is 10.0. The van der Waals surface area contributed by atoms with Crippen LogP contribution in [0, 0.1) is 5.82 Å². The summed E-state index contributed by atoms with van der Waals surface area (Å²) in [5.41, 5.74) is 0.622. The molecule has 0 aliphatic carbocycles. The summed E-state index contributed by atoms with van der Waals surface area (Å²) in [5.74, 6) is -0.279. The molecule has 118 valence electrons. The van der Waals surface area contributed by atoms with E-state index in [1.165, 1.54) is 6.07 Å². The van der Waals surface area contributed by atoms with E-state index in [-0.39, 0.29) is 18.0 Å². The maximum atomic E-state index is 14.2. The van der Waals surface area contributed by atoms with Gasteiger partial charge < -0.3 is 10.1 Å². The summed E-state index contributed by atoms with van der Waals surface area (Å²) >= 11 is 5.85. The van der Waals surface area contributed by atoms with E-state index < -0.39 is 0 Å². The molecule has 1 aliphatic rings. The molecule has 21 heavy (non-hydrogen) atoms. The molecule has 0 aromatic heterocycles. The number of nitrogens with zero attached hydrogens (tertiary/aromatic N) is 1. The van der Waals surface area contributed by atoms with Crippen LogP contribution in [0.15, 0.2) is 18.2 Å². The molecule has 2 atom stereocenters. The highest BCUT2D eigenvalue weighted by Gasteiger charge is 2.31.